The summed E-state index contributed by atoms with van der Waals surface area (Å²) in [6.07, 6.45) is 2.91. The van der Waals surface area contributed by atoms with Gasteiger partial charge in [-0.3, -0.25) is 0 Å². The molecule has 0 aliphatic heterocycles. The summed E-state index contributed by atoms with van der Waals surface area (Å²) in [5.74, 6) is 0.482. The van der Waals surface area contributed by atoms with E-state index >= 15 is 0 Å². The van der Waals surface area contributed by atoms with Crippen LogP contribution >= 0.6 is 0 Å². The summed E-state index contributed by atoms with van der Waals surface area (Å²) in [6, 6.07) is 10.3. The van der Waals surface area contributed by atoms with Crippen LogP contribution in [-0.4, -0.2) is 0 Å². The number of rotatable bonds is 4. The normalized spacial score (nSPS) is 14.9. The van der Waals surface area contributed by atoms with Gasteiger partial charge in [-0.25, -0.2) is 0 Å². The lowest BCUT2D eigenvalue weighted by Gasteiger charge is -2.14. The minimum Gasteiger partial charge on any atom is -0.324 e. The van der Waals surface area contributed by atoms with Crippen LogP contribution in [0.25, 0.3) is 0 Å². The van der Waals surface area contributed by atoms with Gasteiger partial charge in [0.2, 0.25) is 0 Å². The van der Waals surface area contributed by atoms with Crippen molar-refractivity contribution < 1.29 is 0 Å². The van der Waals surface area contributed by atoms with Gasteiger partial charge in [-0.15, -0.1) is 6.58 Å². The van der Waals surface area contributed by atoms with E-state index in [1.807, 2.05) is 24.3 Å². The smallest absolute Gasteiger partial charge is 0.0300 e. The fourth-order valence-corrected chi connectivity index (χ4v) is 1.33. The number of hydrogen-bond donors (Lipinski definition) is 1. The zero-order valence-corrected chi connectivity index (χ0v) is 8.11. The average molecular weight is 175 g/mol. The predicted molar refractivity (Wildman–Crippen MR) is 57.3 cm³/mol. The van der Waals surface area contributed by atoms with E-state index in [-0.39, 0.29) is 6.04 Å². The van der Waals surface area contributed by atoms with Crippen molar-refractivity contribution >= 4 is 0 Å². The van der Waals surface area contributed by atoms with Gasteiger partial charge < -0.3 is 5.73 Å². The van der Waals surface area contributed by atoms with Crippen molar-refractivity contribution in [1.82, 2.24) is 0 Å². The van der Waals surface area contributed by atoms with Crippen molar-refractivity contribution in [3.8, 4) is 0 Å². The van der Waals surface area contributed by atoms with Crippen LogP contribution in [0.4, 0.5) is 0 Å². The van der Waals surface area contributed by atoms with Gasteiger partial charge in [-0.1, -0.05) is 43.3 Å². The number of nitrogens with two attached hydrogens (primary N) is 1. The first-order valence-electron chi connectivity index (χ1n) is 4.67. The van der Waals surface area contributed by atoms with Crippen molar-refractivity contribution in [2.24, 2.45) is 11.7 Å². The molecule has 70 valence electrons. The molecule has 1 heteroatoms. The summed E-state index contributed by atoms with van der Waals surface area (Å²) >= 11 is 0. The molecule has 0 aromatic heterocycles. The molecule has 0 bridgehead atoms. The maximum absolute atomic E-state index is 6.02. The number of allylic oxidation sites excluding steroid dienone is 1. The van der Waals surface area contributed by atoms with Crippen LogP contribution in [0.5, 0.6) is 0 Å². The van der Waals surface area contributed by atoms with Crippen molar-refractivity contribution in [2.45, 2.75) is 19.4 Å². The highest BCUT2D eigenvalue weighted by atomic mass is 14.6. The van der Waals surface area contributed by atoms with Gasteiger partial charge in [0, 0.05) is 6.04 Å². The Bertz CT molecular complexity index is 253. The molecule has 2 unspecified atom stereocenters. The second kappa shape index (κ2) is 4.83. The van der Waals surface area contributed by atoms with Crippen molar-refractivity contribution in [3.63, 3.8) is 0 Å². The van der Waals surface area contributed by atoms with E-state index in [0.29, 0.717) is 5.92 Å². The zero-order valence-electron chi connectivity index (χ0n) is 8.11. The maximum Gasteiger partial charge on any atom is 0.0300 e. The molecular weight excluding hydrogens is 158 g/mol. The Labute approximate surface area is 80.3 Å². The molecule has 1 rings (SSSR count). The monoisotopic (exact) mass is 175 g/mol. The van der Waals surface area contributed by atoms with Crippen LogP contribution in [0.2, 0.25) is 0 Å². The minimum absolute atomic E-state index is 0.134. The Morgan fingerprint density at radius 1 is 1.38 bits per heavy atom. The topological polar surface area (TPSA) is 26.0 Å². The minimum atomic E-state index is 0.134. The van der Waals surface area contributed by atoms with Crippen LogP contribution in [0.15, 0.2) is 43.0 Å². The van der Waals surface area contributed by atoms with E-state index in [1.54, 1.807) is 0 Å². The molecule has 1 nitrogen and oxygen atoms in total. The molecule has 0 aliphatic rings. The van der Waals surface area contributed by atoms with Gasteiger partial charge in [-0.05, 0) is 17.9 Å². The second-order valence-corrected chi connectivity index (χ2v) is 3.47. The molecule has 1 aromatic carbocycles. The summed E-state index contributed by atoms with van der Waals surface area (Å²) in [5, 5.41) is 0. The third kappa shape index (κ3) is 3.03. The Balaban J connectivity index is 2.58. The van der Waals surface area contributed by atoms with Crippen LogP contribution < -0.4 is 5.73 Å². The molecule has 0 amide bonds. The highest BCUT2D eigenvalue weighted by molar-refractivity contribution is 5.18. The Kier molecular flexibility index (Phi) is 3.71. The fourth-order valence-electron chi connectivity index (χ4n) is 1.33. The Morgan fingerprint density at radius 2 is 2.00 bits per heavy atom. The molecule has 1 aromatic rings. The summed E-state index contributed by atoms with van der Waals surface area (Å²) in [6.45, 7) is 5.89. The van der Waals surface area contributed by atoms with E-state index in [4.69, 9.17) is 5.73 Å². The van der Waals surface area contributed by atoms with Crippen molar-refractivity contribution in [3.05, 3.63) is 48.6 Å². The summed E-state index contributed by atoms with van der Waals surface area (Å²) in [7, 11) is 0. The first-order chi connectivity index (χ1) is 6.24. The van der Waals surface area contributed by atoms with Crippen molar-refractivity contribution in [2.75, 3.05) is 0 Å². The average Bonchev–Trinajstić information content (AvgIpc) is 2.19. The van der Waals surface area contributed by atoms with Gasteiger partial charge >= 0.3 is 0 Å². The summed E-state index contributed by atoms with van der Waals surface area (Å²) < 4.78 is 0. The first-order valence-corrected chi connectivity index (χ1v) is 4.67. The molecule has 0 saturated heterocycles. The van der Waals surface area contributed by atoms with Gasteiger partial charge in [0.1, 0.15) is 0 Å². The first kappa shape index (κ1) is 10.0. The summed E-state index contributed by atoms with van der Waals surface area (Å²) in [4.78, 5) is 0. The molecule has 0 radical (unpaired) electrons. The number of hydrogen-bond acceptors (Lipinski definition) is 1. The quantitative estimate of drug-likeness (QED) is 0.700. The lowest BCUT2D eigenvalue weighted by Crippen LogP contribution is -2.12. The standard InChI is InChI=1S/C12H17N/c1-3-10(2)9-12(13)11-7-5-4-6-8-11/h3-8,10,12H,1,9,13H2,2H3. The van der Waals surface area contributed by atoms with Crippen LogP contribution in [0, 0.1) is 5.92 Å². The molecule has 13 heavy (non-hydrogen) atoms. The van der Waals surface area contributed by atoms with E-state index in [2.05, 4.69) is 25.6 Å². The van der Waals surface area contributed by atoms with Gasteiger partial charge in [0.25, 0.3) is 0 Å². The second-order valence-electron chi connectivity index (χ2n) is 3.47. The highest BCUT2D eigenvalue weighted by Gasteiger charge is 2.07. The van der Waals surface area contributed by atoms with Gasteiger partial charge in [0.05, 0.1) is 0 Å². The third-order valence-corrected chi connectivity index (χ3v) is 2.26. The molecule has 0 saturated carbocycles. The SMILES string of the molecule is C=CC(C)CC(N)c1ccccc1. The zero-order chi connectivity index (χ0) is 9.68. The molecule has 0 spiro atoms. The fraction of sp³-hybridized carbons (Fsp3) is 0.333. The van der Waals surface area contributed by atoms with E-state index in [1.165, 1.54) is 5.56 Å². The van der Waals surface area contributed by atoms with Crippen LogP contribution in [-0.2, 0) is 0 Å². The Morgan fingerprint density at radius 3 is 2.54 bits per heavy atom. The molecular formula is C12H17N. The third-order valence-electron chi connectivity index (χ3n) is 2.26. The molecule has 0 heterocycles. The van der Waals surface area contributed by atoms with Gasteiger partial charge in [0.15, 0.2) is 0 Å². The van der Waals surface area contributed by atoms with E-state index in [9.17, 15) is 0 Å². The largest absolute Gasteiger partial charge is 0.324 e. The van der Waals surface area contributed by atoms with E-state index in [0.717, 1.165) is 6.42 Å². The molecule has 2 N–H and O–H groups in total. The molecule has 2 atom stereocenters. The van der Waals surface area contributed by atoms with E-state index < -0.39 is 0 Å². The van der Waals surface area contributed by atoms with Crippen LogP contribution in [0.1, 0.15) is 24.9 Å². The maximum atomic E-state index is 6.02. The summed E-state index contributed by atoms with van der Waals surface area (Å²) in [5.41, 5.74) is 7.23. The van der Waals surface area contributed by atoms with Gasteiger partial charge in [-0.2, -0.15) is 0 Å². The Hall–Kier alpha value is -1.08. The molecule has 0 aliphatic carbocycles. The van der Waals surface area contributed by atoms with Crippen molar-refractivity contribution in [1.29, 1.82) is 0 Å². The molecule has 0 fully saturated rings. The lowest BCUT2D eigenvalue weighted by atomic mass is 9.97. The highest BCUT2D eigenvalue weighted by Crippen LogP contribution is 2.18. The van der Waals surface area contributed by atoms with Crippen LogP contribution in [0.3, 0.4) is 0 Å². The number of benzene rings is 1. The lowest BCUT2D eigenvalue weighted by molar-refractivity contribution is 0.551. The predicted octanol–water partition coefficient (Wildman–Crippen LogP) is 2.90.